The zero-order valence-corrected chi connectivity index (χ0v) is 18.4. The summed E-state index contributed by atoms with van der Waals surface area (Å²) >= 11 is 9.37. The number of nitrogens with one attached hydrogen (secondary N) is 1. The van der Waals surface area contributed by atoms with Crippen molar-refractivity contribution in [3.8, 4) is 5.75 Å². The number of rotatable bonds is 5. The molecule has 166 valence electrons. The van der Waals surface area contributed by atoms with Gasteiger partial charge in [0.15, 0.2) is 6.61 Å². The van der Waals surface area contributed by atoms with E-state index < -0.39 is 18.0 Å². The van der Waals surface area contributed by atoms with Crippen molar-refractivity contribution in [1.29, 1.82) is 0 Å². The predicted octanol–water partition coefficient (Wildman–Crippen LogP) is 4.33. The third-order valence-electron chi connectivity index (χ3n) is 4.57. The maximum Gasteiger partial charge on any atom is 0.471 e. The molecule has 0 aliphatic carbocycles. The van der Waals surface area contributed by atoms with E-state index in [1.165, 1.54) is 0 Å². The standard InChI is InChI=1S/C20H18BrClF3N3O3/c21-13-1-4-15(5-2-13)31-12-18(29)26-16-11-14(22)3-6-17(16)27-7-9-28(10-8-27)19(30)20(23,24)25/h1-6,11H,7-10,12H2,(H,26,29). The molecule has 6 nitrogen and oxygen atoms in total. The molecule has 2 amide bonds. The van der Waals surface area contributed by atoms with E-state index in [0.717, 1.165) is 9.37 Å². The number of hydrogen-bond donors (Lipinski definition) is 1. The van der Waals surface area contributed by atoms with Crippen molar-refractivity contribution < 1.29 is 27.5 Å². The Balaban J connectivity index is 1.63. The second-order valence-corrected chi connectivity index (χ2v) is 8.08. The Morgan fingerprint density at radius 1 is 1.06 bits per heavy atom. The van der Waals surface area contributed by atoms with E-state index in [1.54, 1.807) is 47.4 Å². The van der Waals surface area contributed by atoms with Crippen molar-refractivity contribution >= 4 is 50.7 Å². The van der Waals surface area contributed by atoms with Crippen molar-refractivity contribution in [2.75, 3.05) is 43.0 Å². The second-order valence-electron chi connectivity index (χ2n) is 6.73. The molecule has 1 heterocycles. The van der Waals surface area contributed by atoms with Crippen molar-refractivity contribution in [3.05, 3.63) is 52.0 Å². The van der Waals surface area contributed by atoms with Gasteiger partial charge in [0.05, 0.1) is 11.4 Å². The predicted molar refractivity (Wildman–Crippen MR) is 115 cm³/mol. The zero-order valence-electron chi connectivity index (χ0n) is 16.1. The zero-order chi connectivity index (χ0) is 22.6. The maximum atomic E-state index is 12.6. The van der Waals surface area contributed by atoms with Crippen LogP contribution in [0.25, 0.3) is 0 Å². The van der Waals surface area contributed by atoms with Gasteiger partial charge in [-0.1, -0.05) is 27.5 Å². The molecular weight excluding hydrogens is 503 g/mol. The van der Waals surface area contributed by atoms with Gasteiger partial charge in [0, 0.05) is 35.7 Å². The van der Waals surface area contributed by atoms with E-state index in [-0.39, 0.29) is 32.8 Å². The average Bonchev–Trinajstić information content (AvgIpc) is 2.72. The number of alkyl halides is 3. The normalized spacial score (nSPS) is 14.4. The first-order chi connectivity index (χ1) is 14.6. The van der Waals surface area contributed by atoms with E-state index in [9.17, 15) is 22.8 Å². The highest BCUT2D eigenvalue weighted by Gasteiger charge is 2.43. The lowest BCUT2D eigenvalue weighted by Gasteiger charge is -2.37. The molecule has 3 rings (SSSR count). The molecule has 1 N–H and O–H groups in total. The Bertz CT molecular complexity index is 949. The van der Waals surface area contributed by atoms with Gasteiger partial charge < -0.3 is 19.9 Å². The molecule has 0 unspecified atom stereocenters. The van der Waals surface area contributed by atoms with Gasteiger partial charge in [-0.25, -0.2) is 0 Å². The Morgan fingerprint density at radius 3 is 2.32 bits per heavy atom. The molecule has 0 aromatic heterocycles. The highest BCUT2D eigenvalue weighted by Crippen LogP contribution is 2.31. The van der Waals surface area contributed by atoms with E-state index in [0.29, 0.717) is 22.1 Å². The number of carbonyl (C=O) groups excluding carboxylic acids is 2. The number of nitrogens with zero attached hydrogens (tertiary/aromatic N) is 2. The quantitative estimate of drug-likeness (QED) is 0.638. The summed E-state index contributed by atoms with van der Waals surface area (Å²) in [7, 11) is 0. The van der Waals surface area contributed by atoms with Crippen LogP contribution in [0, 0.1) is 0 Å². The lowest BCUT2D eigenvalue weighted by molar-refractivity contribution is -0.185. The minimum absolute atomic E-state index is 0.0823. The van der Waals surface area contributed by atoms with E-state index >= 15 is 0 Å². The van der Waals surface area contributed by atoms with Crippen LogP contribution in [0.3, 0.4) is 0 Å². The summed E-state index contributed by atoms with van der Waals surface area (Å²) in [6.07, 6.45) is -4.89. The van der Waals surface area contributed by atoms with Crippen LogP contribution in [-0.2, 0) is 9.59 Å². The molecular formula is C20H18BrClF3N3O3. The molecule has 1 fully saturated rings. The van der Waals surface area contributed by atoms with Crippen molar-refractivity contribution in [3.63, 3.8) is 0 Å². The summed E-state index contributed by atoms with van der Waals surface area (Å²) in [5, 5.41) is 3.12. The van der Waals surface area contributed by atoms with Crippen LogP contribution in [0.2, 0.25) is 5.02 Å². The molecule has 1 saturated heterocycles. The number of ether oxygens (including phenoxy) is 1. The summed E-state index contributed by atoms with van der Waals surface area (Å²) in [5.74, 6) is -1.74. The molecule has 0 bridgehead atoms. The van der Waals surface area contributed by atoms with Crippen molar-refractivity contribution in [2.24, 2.45) is 0 Å². The molecule has 0 spiro atoms. The minimum atomic E-state index is -4.89. The largest absolute Gasteiger partial charge is 0.484 e. The molecule has 0 atom stereocenters. The number of piperazine rings is 1. The molecule has 0 saturated carbocycles. The Labute approximate surface area is 190 Å². The van der Waals surface area contributed by atoms with Crippen LogP contribution in [0.4, 0.5) is 24.5 Å². The maximum absolute atomic E-state index is 12.6. The number of amides is 2. The van der Waals surface area contributed by atoms with Crippen LogP contribution >= 0.6 is 27.5 Å². The molecule has 1 aliphatic rings. The van der Waals surface area contributed by atoms with E-state index in [1.807, 2.05) is 0 Å². The Hall–Kier alpha value is -2.46. The monoisotopic (exact) mass is 519 g/mol. The third kappa shape index (κ3) is 6.27. The van der Waals surface area contributed by atoms with Gasteiger partial charge in [0.2, 0.25) is 0 Å². The molecule has 11 heteroatoms. The summed E-state index contributed by atoms with van der Waals surface area (Å²) in [5.41, 5.74) is 1.01. The second kappa shape index (κ2) is 9.78. The number of hydrogen-bond acceptors (Lipinski definition) is 4. The molecule has 1 aliphatic heterocycles. The number of benzene rings is 2. The van der Waals surface area contributed by atoms with Crippen LogP contribution in [0.5, 0.6) is 5.75 Å². The number of carbonyl (C=O) groups is 2. The molecule has 2 aromatic rings. The van der Waals surface area contributed by atoms with Crippen molar-refractivity contribution in [1.82, 2.24) is 4.90 Å². The highest BCUT2D eigenvalue weighted by molar-refractivity contribution is 9.10. The van der Waals surface area contributed by atoms with Gasteiger partial charge in [-0.15, -0.1) is 0 Å². The fraction of sp³-hybridized carbons (Fsp3) is 0.300. The van der Waals surface area contributed by atoms with Crippen LogP contribution in [0.1, 0.15) is 0 Å². The van der Waals surface area contributed by atoms with E-state index in [4.69, 9.17) is 16.3 Å². The lowest BCUT2D eigenvalue weighted by Crippen LogP contribution is -2.52. The van der Waals surface area contributed by atoms with Crippen LogP contribution in [0.15, 0.2) is 46.9 Å². The van der Waals surface area contributed by atoms with E-state index in [2.05, 4.69) is 21.2 Å². The Morgan fingerprint density at radius 2 is 1.71 bits per heavy atom. The first-order valence-electron chi connectivity index (χ1n) is 9.22. The molecule has 31 heavy (non-hydrogen) atoms. The van der Waals surface area contributed by atoms with Gasteiger partial charge >= 0.3 is 12.1 Å². The van der Waals surface area contributed by atoms with Crippen LogP contribution in [-0.4, -0.2) is 55.7 Å². The summed E-state index contributed by atoms with van der Waals surface area (Å²) in [6, 6.07) is 11.8. The van der Waals surface area contributed by atoms with Gasteiger partial charge in [-0.2, -0.15) is 13.2 Å². The van der Waals surface area contributed by atoms with Gasteiger partial charge in [-0.3, -0.25) is 9.59 Å². The van der Waals surface area contributed by atoms with Crippen LogP contribution < -0.4 is 15.0 Å². The van der Waals surface area contributed by atoms with Gasteiger partial charge in [0.25, 0.3) is 5.91 Å². The summed E-state index contributed by atoms with van der Waals surface area (Å²) in [4.78, 5) is 26.4. The summed E-state index contributed by atoms with van der Waals surface area (Å²) in [6.45, 7) is -0.0348. The average molecular weight is 521 g/mol. The van der Waals surface area contributed by atoms with Crippen molar-refractivity contribution in [2.45, 2.75) is 6.18 Å². The van der Waals surface area contributed by atoms with Gasteiger partial charge in [-0.05, 0) is 42.5 Å². The first kappa shape index (κ1) is 23.2. The first-order valence-corrected chi connectivity index (χ1v) is 10.4. The molecule has 2 aromatic carbocycles. The highest BCUT2D eigenvalue weighted by atomic mass is 79.9. The fourth-order valence-corrected chi connectivity index (χ4v) is 3.52. The smallest absolute Gasteiger partial charge is 0.471 e. The fourth-order valence-electron chi connectivity index (χ4n) is 3.08. The molecule has 0 radical (unpaired) electrons. The third-order valence-corrected chi connectivity index (χ3v) is 5.33. The van der Waals surface area contributed by atoms with Gasteiger partial charge in [0.1, 0.15) is 5.75 Å². The Kier molecular flexibility index (Phi) is 7.32. The number of anilines is 2. The topological polar surface area (TPSA) is 61.9 Å². The number of halogens is 5. The SMILES string of the molecule is O=C(COc1ccc(Br)cc1)Nc1cc(Cl)ccc1N1CCN(C(=O)C(F)(F)F)CC1. The lowest BCUT2D eigenvalue weighted by atomic mass is 10.2. The summed E-state index contributed by atoms with van der Waals surface area (Å²) < 4.78 is 44.3. The minimum Gasteiger partial charge on any atom is -0.484 e.